The van der Waals surface area contributed by atoms with Crippen molar-refractivity contribution in [2.75, 3.05) is 0 Å². The van der Waals surface area contributed by atoms with Gasteiger partial charge in [0.1, 0.15) is 11.0 Å². The van der Waals surface area contributed by atoms with E-state index in [4.69, 9.17) is 11.6 Å². The third-order valence-corrected chi connectivity index (χ3v) is 3.59. The molecule has 0 saturated heterocycles. The fourth-order valence-corrected chi connectivity index (χ4v) is 2.54. The van der Waals surface area contributed by atoms with Gasteiger partial charge in [0.05, 0.1) is 5.56 Å². The lowest BCUT2D eigenvalue weighted by atomic mass is 10.1. The second-order valence-electron chi connectivity index (χ2n) is 5.15. The van der Waals surface area contributed by atoms with E-state index in [1.807, 2.05) is 13.8 Å². The van der Waals surface area contributed by atoms with Crippen LogP contribution < -0.4 is 11.2 Å². The fraction of sp³-hybridized carbons (Fsp3) is 0.333. The summed E-state index contributed by atoms with van der Waals surface area (Å²) < 4.78 is 14.0. The number of nitrogens with zero attached hydrogens (tertiary/aromatic N) is 1. The van der Waals surface area contributed by atoms with Gasteiger partial charge in [-0.25, -0.2) is 9.18 Å². The number of hydrogen-bond acceptors (Lipinski definition) is 2. The Morgan fingerprint density at radius 3 is 2.43 bits per heavy atom. The van der Waals surface area contributed by atoms with Crippen LogP contribution in [0.2, 0.25) is 5.15 Å². The summed E-state index contributed by atoms with van der Waals surface area (Å²) in [5.41, 5.74) is 0.344. The van der Waals surface area contributed by atoms with Gasteiger partial charge in [-0.15, -0.1) is 0 Å². The predicted molar refractivity (Wildman–Crippen MR) is 80.5 cm³/mol. The number of hydrogen-bond donors (Lipinski definition) is 1. The summed E-state index contributed by atoms with van der Waals surface area (Å²) in [6.07, 6.45) is 0.461. The summed E-state index contributed by atoms with van der Waals surface area (Å²) in [6, 6.07) is 5.97. The largest absolute Gasteiger partial charge is 0.329 e. The second-order valence-corrected chi connectivity index (χ2v) is 5.52. The molecule has 1 aromatic heterocycles. The minimum absolute atomic E-state index is 0.0843. The number of benzene rings is 1. The number of nitrogens with one attached hydrogen (secondary N) is 1. The lowest BCUT2D eigenvalue weighted by Crippen LogP contribution is -2.38. The summed E-state index contributed by atoms with van der Waals surface area (Å²) in [7, 11) is 0. The standard InChI is InChI=1S/C15H16ClFN2O2/c1-9(2)12-13(16)18-15(21)19(14(12)20)8-7-10-3-5-11(17)6-4-10/h3-6,9H,7-8H2,1-2H3,(H,18,21). The molecule has 2 rings (SSSR count). The summed E-state index contributed by atoms with van der Waals surface area (Å²) >= 11 is 5.93. The van der Waals surface area contributed by atoms with E-state index in [2.05, 4.69) is 4.98 Å². The maximum absolute atomic E-state index is 12.8. The first-order chi connectivity index (χ1) is 9.90. The van der Waals surface area contributed by atoms with Crippen LogP contribution in [0.4, 0.5) is 4.39 Å². The van der Waals surface area contributed by atoms with Crippen LogP contribution in [-0.4, -0.2) is 9.55 Å². The zero-order chi connectivity index (χ0) is 15.6. The highest BCUT2D eigenvalue weighted by Crippen LogP contribution is 2.16. The van der Waals surface area contributed by atoms with Crippen molar-refractivity contribution in [3.63, 3.8) is 0 Å². The van der Waals surface area contributed by atoms with E-state index in [0.717, 1.165) is 10.1 Å². The van der Waals surface area contributed by atoms with Gasteiger partial charge in [0.25, 0.3) is 5.56 Å². The van der Waals surface area contributed by atoms with Crippen molar-refractivity contribution in [1.29, 1.82) is 0 Å². The van der Waals surface area contributed by atoms with Crippen LogP contribution in [0.3, 0.4) is 0 Å². The highest BCUT2D eigenvalue weighted by atomic mass is 35.5. The number of aromatic amines is 1. The average Bonchev–Trinajstić information content (AvgIpc) is 2.39. The molecular formula is C15H16ClFN2O2. The van der Waals surface area contributed by atoms with Gasteiger partial charge in [-0.2, -0.15) is 0 Å². The Kier molecular flexibility index (Phi) is 4.63. The molecule has 0 aliphatic heterocycles. The Hall–Kier alpha value is -1.88. The molecule has 6 heteroatoms. The third-order valence-electron chi connectivity index (χ3n) is 3.29. The van der Waals surface area contributed by atoms with Crippen LogP contribution in [0.1, 0.15) is 30.9 Å². The van der Waals surface area contributed by atoms with Gasteiger partial charge in [-0.3, -0.25) is 14.3 Å². The summed E-state index contributed by atoms with van der Waals surface area (Å²) in [6.45, 7) is 3.90. The second kappa shape index (κ2) is 6.26. The first-order valence-electron chi connectivity index (χ1n) is 6.67. The number of aryl methyl sites for hydroxylation is 1. The minimum Gasteiger partial charge on any atom is -0.297 e. The molecule has 1 heterocycles. The number of rotatable bonds is 4. The molecule has 0 unspecified atom stereocenters. The Morgan fingerprint density at radius 2 is 1.86 bits per heavy atom. The molecule has 2 aromatic rings. The molecule has 0 spiro atoms. The topological polar surface area (TPSA) is 54.9 Å². The van der Waals surface area contributed by atoms with Crippen LogP contribution in [0.15, 0.2) is 33.9 Å². The van der Waals surface area contributed by atoms with Crippen molar-refractivity contribution in [3.05, 3.63) is 67.2 Å². The molecule has 0 fully saturated rings. The highest BCUT2D eigenvalue weighted by molar-refractivity contribution is 6.30. The van der Waals surface area contributed by atoms with E-state index in [0.29, 0.717) is 12.0 Å². The van der Waals surface area contributed by atoms with Gasteiger partial charge < -0.3 is 0 Å². The SMILES string of the molecule is CC(C)c1c(Cl)[nH]c(=O)n(CCc2ccc(F)cc2)c1=O. The van der Waals surface area contributed by atoms with Crippen LogP contribution in [0.5, 0.6) is 0 Å². The Bertz CT molecular complexity index is 748. The number of aromatic nitrogens is 2. The van der Waals surface area contributed by atoms with Gasteiger partial charge in [0.15, 0.2) is 0 Å². The minimum atomic E-state index is -0.531. The monoisotopic (exact) mass is 310 g/mol. The molecule has 112 valence electrons. The molecule has 21 heavy (non-hydrogen) atoms. The maximum atomic E-state index is 12.8. The third kappa shape index (κ3) is 3.42. The summed E-state index contributed by atoms with van der Waals surface area (Å²) in [5.74, 6) is -0.402. The van der Waals surface area contributed by atoms with Crippen LogP contribution in [0, 0.1) is 5.82 Å². The fourth-order valence-electron chi connectivity index (χ4n) is 2.16. The van der Waals surface area contributed by atoms with E-state index in [1.54, 1.807) is 12.1 Å². The normalized spacial score (nSPS) is 11.1. The van der Waals surface area contributed by atoms with Crippen molar-refractivity contribution in [2.24, 2.45) is 0 Å². The van der Waals surface area contributed by atoms with Gasteiger partial charge in [-0.05, 0) is 30.0 Å². The Labute approximate surface area is 126 Å². The first-order valence-corrected chi connectivity index (χ1v) is 7.05. The Morgan fingerprint density at radius 1 is 1.24 bits per heavy atom. The molecule has 1 aromatic carbocycles. The maximum Gasteiger partial charge on any atom is 0.329 e. The smallest absolute Gasteiger partial charge is 0.297 e. The molecule has 4 nitrogen and oxygen atoms in total. The van der Waals surface area contributed by atoms with Crippen molar-refractivity contribution in [3.8, 4) is 0 Å². The van der Waals surface area contributed by atoms with Crippen LogP contribution in [-0.2, 0) is 13.0 Å². The molecule has 0 atom stereocenters. The van der Waals surface area contributed by atoms with E-state index >= 15 is 0 Å². The average molecular weight is 311 g/mol. The van der Waals surface area contributed by atoms with Crippen molar-refractivity contribution >= 4 is 11.6 Å². The molecule has 0 aliphatic carbocycles. The number of H-pyrrole nitrogens is 1. The zero-order valence-electron chi connectivity index (χ0n) is 11.8. The van der Waals surface area contributed by atoms with E-state index in [-0.39, 0.29) is 29.0 Å². The molecule has 1 N–H and O–H groups in total. The quantitative estimate of drug-likeness (QED) is 0.883. The summed E-state index contributed by atoms with van der Waals surface area (Å²) in [5, 5.41) is 0.0954. The molecule has 0 bridgehead atoms. The lowest BCUT2D eigenvalue weighted by Gasteiger charge is -2.11. The van der Waals surface area contributed by atoms with E-state index in [9.17, 15) is 14.0 Å². The first kappa shape index (κ1) is 15.5. The molecule has 0 saturated carbocycles. The van der Waals surface area contributed by atoms with E-state index < -0.39 is 5.69 Å². The van der Waals surface area contributed by atoms with Crippen molar-refractivity contribution < 1.29 is 4.39 Å². The summed E-state index contributed by atoms with van der Waals surface area (Å²) in [4.78, 5) is 26.7. The highest BCUT2D eigenvalue weighted by Gasteiger charge is 2.15. The Balaban J connectivity index is 2.32. The van der Waals surface area contributed by atoms with Gasteiger partial charge in [0.2, 0.25) is 0 Å². The molecule has 0 amide bonds. The lowest BCUT2D eigenvalue weighted by molar-refractivity contribution is 0.607. The van der Waals surface area contributed by atoms with Crippen molar-refractivity contribution in [2.45, 2.75) is 32.7 Å². The van der Waals surface area contributed by atoms with Gasteiger partial charge in [0, 0.05) is 6.54 Å². The van der Waals surface area contributed by atoms with Crippen molar-refractivity contribution in [1.82, 2.24) is 9.55 Å². The van der Waals surface area contributed by atoms with E-state index in [1.165, 1.54) is 12.1 Å². The van der Waals surface area contributed by atoms with Gasteiger partial charge in [-0.1, -0.05) is 37.6 Å². The predicted octanol–water partition coefficient (Wildman–Crippen LogP) is 2.70. The zero-order valence-corrected chi connectivity index (χ0v) is 12.6. The number of halogens is 2. The van der Waals surface area contributed by atoms with Crippen LogP contribution in [0.25, 0.3) is 0 Å². The molecule has 0 aliphatic rings. The molecule has 0 radical (unpaired) electrons. The van der Waals surface area contributed by atoms with Crippen LogP contribution >= 0.6 is 11.6 Å². The van der Waals surface area contributed by atoms with Gasteiger partial charge >= 0.3 is 5.69 Å². The molecular weight excluding hydrogens is 295 g/mol.